The smallest absolute Gasteiger partial charge is 0.269 e. The standard InChI is InChI=1S/C17H14BrClN6O2S/c18-13-4-2-1-3-12(13)15-22-24-17(25(15)20)28-9-14(26)21-23-16(27)10-5-7-11(19)8-6-10/h1-8H,9,20H2,(H,21,26)(H,23,27). The Morgan fingerprint density at radius 2 is 1.82 bits per heavy atom. The molecule has 4 N–H and O–H groups in total. The van der Waals surface area contributed by atoms with Crippen LogP contribution in [0.25, 0.3) is 11.4 Å². The Balaban J connectivity index is 1.54. The number of carbonyl (C=O) groups excluding carboxylic acids is 2. The number of hydrogen-bond acceptors (Lipinski definition) is 6. The van der Waals surface area contributed by atoms with E-state index in [1.54, 1.807) is 24.3 Å². The highest BCUT2D eigenvalue weighted by Crippen LogP contribution is 2.27. The molecule has 0 aliphatic heterocycles. The largest absolute Gasteiger partial charge is 0.335 e. The van der Waals surface area contributed by atoms with Crippen molar-refractivity contribution >= 4 is 51.1 Å². The molecule has 0 aliphatic carbocycles. The molecule has 0 unspecified atom stereocenters. The molecule has 0 spiro atoms. The summed E-state index contributed by atoms with van der Waals surface area (Å²) in [5, 5.41) is 8.96. The summed E-state index contributed by atoms with van der Waals surface area (Å²) in [7, 11) is 0. The average molecular weight is 482 g/mol. The second-order valence-electron chi connectivity index (χ2n) is 5.45. The maximum absolute atomic E-state index is 12.0. The van der Waals surface area contributed by atoms with E-state index in [9.17, 15) is 9.59 Å². The second-order valence-corrected chi connectivity index (χ2v) is 7.69. The van der Waals surface area contributed by atoms with Gasteiger partial charge in [-0.3, -0.25) is 20.4 Å². The summed E-state index contributed by atoms with van der Waals surface area (Å²) in [6.07, 6.45) is 0. The number of halogens is 2. The third-order valence-corrected chi connectivity index (χ3v) is 5.42. The third-order valence-electron chi connectivity index (χ3n) is 3.53. The molecule has 2 amide bonds. The van der Waals surface area contributed by atoms with Crippen LogP contribution in [0.15, 0.2) is 58.2 Å². The Labute approximate surface area is 177 Å². The van der Waals surface area contributed by atoms with Gasteiger partial charge in [-0.25, -0.2) is 4.68 Å². The van der Waals surface area contributed by atoms with E-state index in [0.29, 0.717) is 21.6 Å². The van der Waals surface area contributed by atoms with Crippen molar-refractivity contribution in [2.45, 2.75) is 5.16 Å². The number of rotatable bonds is 5. The second kappa shape index (κ2) is 9.09. The van der Waals surface area contributed by atoms with Crippen molar-refractivity contribution in [3.05, 3.63) is 63.6 Å². The maximum atomic E-state index is 12.0. The lowest BCUT2D eigenvalue weighted by Crippen LogP contribution is -2.42. The predicted octanol–water partition coefficient (Wildman–Crippen LogP) is 2.63. The van der Waals surface area contributed by atoms with Crippen molar-refractivity contribution in [3.8, 4) is 11.4 Å². The van der Waals surface area contributed by atoms with Gasteiger partial charge in [0, 0.05) is 20.6 Å². The summed E-state index contributed by atoms with van der Waals surface area (Å²) in [6.45, 7) is 0. The number of nitrogens with zero attached hydrogens (tertiary/aromatic N) is 3. The van der Waals surface area contributed by atoms with Gasteiger partial charge in [0.05, 0.1) is 5.75 Å². The molecule has 8 nitrogen and oxygen atoms in total. The number of thioether (sulfide) groups is 1. The van der Waals surface area contributed by atoms with Gasteiger partial charge < -0.3 is 5.84 Å². The third kappa shape index (κ3) is 4.83. The van der Waals surface area contributed by atoms with Crippen molar-refractivity contribution < 1.29 is 9.59 Å². The quantitative estimate of drug-likeness (QED) is 0.293. The van der Waals surface area contributed by atoms with Gasteiger partial charge >= 0.3 is 0 Å². The molecule has 0 saturated heterocycles. The van der Waals surface area contributed by atoms with Gasteiger partial charge in [0.1, 0.15) is 0 Å². The Morgan fingerprint density at radius 1 is 1.11 bits per heavy atom. The first kappa shape index (κ1) is 20.2. The van der Waals surface area contributed by atoms with Crippen molar-refractivity contribution in [2.24, 2.45) is 0 Å². The summed E-state index contributed by atoms with van der Waals surface area (Å²) in [6, 6.07) is 13.7. The average Bonchev–Trinajstić information content (AvgIpc) is 3.05. The lowest BCUT2D eigenvalue weighted by Gasteiger charge is -2.07. The minimum Gasteiger partial charge on any atom is -0.335 e. The van der Waals surface area contributed by atoms with E-state index in [4.69, 9.17) is 17.4 Å². The molecule has 0 fully saturated rings. The van der Waals surface area contributed by atoms with E-state index in [0.717, 1.165) is 21.8 Å². The molecule has 2 aromatic carbocycles. The predicted molar refractivity (Wildman–Crippen MR) is 111 cm³/mol. The van der Waals surface area contributed by atoms with Gasteiger partial charge in [0.2, 0.25) is 11.1 Å². The van der Waals surface area contributed by atoms with Gasteiger partial charge in [-0.05, 0) is 36.4 Å². The Kier molecular flexibility index (Phi) is 6.55. The highest BCUT2D eigenvalue weighted by molar-refractivity contribution is 9.10. The number of aromatic nitrogens is 3. The lowest BCUT2D eigenvalue weighted by atomic mass is 10.2. The number of nitrogen functional groups attached to an aromatic ring is 1. The molecule has 0 aliphatic rings. The van der Waals surface area contributed by atoms with Crippen LogP contribution in [-0.2, 0) is 4.79 Å². The van der Waals surface area contributed by atoms with Gasteiger partial charge in [0.25, 0.3) is 5.91 Å². The fourth-order valence-corrected chi connectivity index (χ4v) is 3.41. The number of nitrogens with two attached hydrogens (primary N) is 1. The van der Waals surface area contributed by atoms with E-state index in [2.05, 4.69) is 37.0 Å². The first-order valence-electron chi connectivity index (χ1n) is 7.88. The van der Waals surface area contributed by atoms with Crippen LogP contribution in [0, 0.1) is 0 Å². The highest BCUT2D eigenvalue weighted by Gasteiger charge is 2.15. The normalized spacial score (nSPS) is 10.5. The van der Waals surface area contributed by atoms with Gasteiger partial charge in [-0.15, -0.1) is 10.2 Å². The van der Waals surface area contributed by atoms with Crippen molar-refractivity contribution in [1.29, 1.82) is 0 Å². The molecule has 11 heteroatoms. The number of nitrogens with one attached hydrogen (secondary N) is 2. The first-order chi connectivity index (χ1) is 13.5. The zero-order valence-electron chi connectivity index (χ0n) is 14.2. The summed E-state index contributed by atoms with van der Waals surface area (Å²) < 4.78 is 2.14. The zero-order chi connectivity index (χ0) is 20.1. The van der Waals surface area contributed by atoms with Gasteiger partial charge in [0.15, 0.2) is 5.82 Å². The van der Waals surface area contributed by atoms with Crippen LogP contribution in [-0.4, -0.2) is 32.4 Å². The monoisotopic (exact) mass is 480 g/mol. The molecule has 1 aromatic heterocycles. The summed E-state index contributed by atoms with van der Waals surface area (Å²) >= 11 is 10.3. The lowest BCUT2D eigenvalue weighted by molar-refractivity contribution is -0.119. The Morgan fingerprint density at radius 3 is 2.54 bits per heavy atom. The summed E-state index contributed by atoms with van der Waals surface area (Å²) in [4.78, 5) is 23.9. The van der Waals surface area contributed by atoms with Gasteiger partial charge in [-0.2, -0.15) is 0 Å². The van der Waals surface area contributed by atoms with Crippen LogP contribution in [0.4, 0.5) is 0 Å². The van der Waals surface area contributed by atoms with E-state index >= 15 is 0 Å². The van der Waals surface area contributed by atoms with E-state index < -0.39 is 11.8 Å². The highest BCUT2D eigenvalue weighted by atomic mass is 79.9. The SMILES string of the molecule is Nn1c(SCC(=O)NNC(=O)c2ccc(Cl)cc2)nnc1-c1ccccc1Br. The molecule has 0 bridgehead atoms. The van der Waals surface area contributed by atoms with Crippen LogP contribution >= 0.6 is 39.3 Å². The fraction of sp³-hybridized carbons (Fsp3) is 0.0588. The Hall–Kier alpha value is -2.56. The molecule has 0 saturated carbocycles. The Bertz CT molecular complexity index is 1010. The maximum Gasteiger partial charge on any atom is 0.269 e. The molecule has 144 valence electrons. The molecule has 3 aromatic rings. The van der Waals surface area contributed by atoms with E-state index in [1.165, 1.54) is 4.68 Å². The topological polar surface area (TPSA) is 115 Å². The molecular weight excluding hydrogens is 468 g/mol. The number of hydrogen-bond donors (Lipinski definition) is 3. The number of carbonyl (C=O) groups is 2. The van der Waals surface area contributed by atoms with Gasteiger partial charge in [-0.1, -0.05) is 51.4 Å². The van der Waals surface area contributed by atoms with Crippen LogP contribution in [0.3, 0.4) is 0 Å². The van der Waals surface area contributed by atoms with Crippen LogP contribution < -0.4 is 16.7 Å². The van der Waals surface area contributed by atoms with Crippen molar-refractivity contribution in [3.63, 3.8) is 0 Å². The van der Waals surface area contributed by atoms with Crippen LogP contribution in [0.5, 0.6) is 0 Å². The van der Waals surface area contributed by atoms with Crippen molar-refractivity contribution in [1.82, 2.24) is 25.7 Å². The van der Waals surface area contributed by atoms with Crippen molar-refractivity contribution in [2.75, 3.05) is 11.6 Å². The fourth-order valence-electron chi connectivity index (χ4n) is 2.17. The molecule has 3 rings (SSSR count). The zero-order valence-corrected chi connectivity index (χ0v) is 17.4. The molecule has 0 radical (unpaired) electrons. The summed E-state index contributed by atoms with van der Waals surface area (Å²) in [5.74, 6) is 5.63. The van der Waals surface area contributed by atoms with E-state index in [-0.39, 0.29) is 5.75 Å². The van der Waals surface area contributed by atoms with Crippen LogP contribution in [0.1, 0.15) is 10.4 Å². The minimum atomic E-state index is -0.451. The first-order valence-corrected chi connectivity index (χ1v) is 10.0. The molecule has 1 heterocycles. The molecule has 0 atom stereocenters. The van der Waals surface area contributed by atoms with E-state index in [1.807, 2.05) is 24.3 Å². The minimum absolute atomic E-state index is 0.00775. The van der Waals surface area contributed by atoms with Crippen LogP contribution in [0.2, 0.25) is 5.02 Å². The number of benzene rings is 2. The number of hydrazine groups is 1. The number of amides is 2. The summed E-state index contributed by atoms with van der Waals surface area (Å²) in [5.41, 5.74) is 5.82. The molecular formula is C17H14BrClN6O2S. The molecule has 28 heavy (non-hydrogen) atoms.